The summed E-state index contributed by atoms with van der Waals surface area (Å²) in [7, 11) is 1.32. The van der Waals surface area contributed by atoms with Gasteiger partial charge in [-0.2, -0.15) is 4.98 Å². The molecule has 2 aromatic heterocycles. The number of aromatic nitrogens is 6. The van der Waals surface area contributed by atoms with Crippen LogP contribution in [0, 0.1) is 0 Å². The molecule has 0 aliphatic carbocycles. The molecule has 5 rings (SSSR count). The monoisotopic (exact) mass is 526 g/mol. The molecule has 0 radical (unpaired) electrons. The molecule has 2 heterocycles. The molecule has 5 aromatic rings. The van der Waals surface area contributed by atoms with Crippen molar-refractivity contribution in [3.8, 4) is 34.2 Å². The Morgan fingerprint density at radius 3 is 2.41 bits per heavy atom. The highest BCUT2D eigenvalue weighted by atomic mass is 16.5. The molecule has 0 saturated carbocycles. The van der Waals surface area contributed by atoms with Crippen LogP contribution in [0.5, 0.6) is 6.01 Å². The number of ether oxygens (including phenoxy) is 3. The number of methoxy groups -OCH3 is 1. The van der Waals surface area contributed by atoms with Gasteiger partial charge in [0, 0.05) is 18.1 Å². The summed E-state index contributed by atoms with van der Waals surface area (Å²) in [5.74, 6) is -0.387. The van der Waals surface area contributed by atoms with E-state index in [-0.39, 0.29) is 0 Å². The predicted octanol–water partition coefficient (Wildman–Crippen LogP) is 4.68. The molecule has 1 atom stereocenters. The van der Waals surface area contributed by atoms with E-state index in [0.717, 1.165) is 16.7 Å². The summed E-state index contributed by atoms with van der Waals surface area (Å²) < 4.78 is 18.2. The van der Waals surface area contributed by atoms with Crippen LogP contribution in [0.25, 0.3) is 39.2 Å². The summed E-state index contributed by atoms with van der Waals surface area (Å²) in [6.45, 7) is 5.30. The molecular formula is C28H26N6O5. The highest BCUT2D eigenvalue weighted by Gasteiger charge is 2.26. The van der Waals surface area contributed by atoms with Crippen molar-refractivity contribution in [1.82, 2.24) is 30.2 Å². The lowest BCUT2D eigenvalue weighted by Crippen LogP contribution is -2.09. The minimum atomic E-state index is -0.598. The Kier molecular flexibility index (Phi) is 7.04. The maximum atomic E-state index is 12.8. The van der Waals surface area contributed by atoms with Gasteiger partial charge in [-0.1, -0.05) is 42.5 Å². The van der Waals surface area contributed by atoms with Crippen LogP contribution >= 0.6 is 0 Å². The van der Waals surface area contributed by atoms with E-state index in [2.05, 4.69) is 20.6 Å². The summed E-state index contributed by atoms with van der Waals surface area (Å²) in [6.07, 6.45) is -0.598. The van der Waals surface area contributed by atoms with Gasteiger partial charge in [-0.05, 0) is 53.6 Å². The van der Waals surface area contributed by atoms with Crippen molar-refractivity contribution in [2.45, 2.75) is 26.9 Å². The summed E-state index contributed by atoms with van der Waals surface area (Å²) >= 11 is 0. The number of aromatic amines is 1. The molecule has 1 N–H and O–H groups in total. The van der Waals surface area contributed by atoms with E-state index < -0.39 is 18.0 Å². The van der Waals surface area contributed by atoms with Crippen LogP contribution in [0.3, 0.4) is 0 Å². The van der Waals surface area contributed by atoms with E-state index in [4.69, 9.17) is 19.2 Å². The minimum absolute atomic E-state index is 0.293. The topological polar surface area (TPSA) is 134 Å². The summed E-state index contributed by atoms with van der Waals surface area (Å²) in [5, 5.41) is 14.2. The van der Waals surface area contributed by atoms with Gasteiger partial charge in [-0.25, -0.2) is 9.89 Å². The van der Waals surface area contributed by atoms with Crippen molar-refractivity contribution in [2.75, 3.05) is 13.7 Å². The highest BCUT2D eigenvalue weighted by Crippen LogP contribution is 2.36. The number of fused-ring (bicyclic) bond motifs is 1. The fourth-order valence-electron chi connectivity index (χ4n) is 4.57. The molecule has 1 unspecified atom stereocenters. The molecule has 11 heteroatoms. The lowest BCUT2D eigenvalue weighted by atomic mass is 9.99. The van der Waals surface area contributed by atoms with Gasteiger partial charge < -0.3 is 14.2 Å². The Bertz CT molecular complexity index is 1640. The van der Waals surface area contributed by atoms with E-state index in [1.54, 1.807) is 23.6 Å². The number of esters is 2. The quantitative estimate of drug-likeness (QED) is 0.286. The smallest absolute Gasteiger partial charge is 0.340 e. The molecule has 0 spiro atoms. The molecule has 0 aliphatic heterocycles. The number of rotatable bonds is 8. The lowest BCUT2D eigenvalue weighted by Gasteiger charge is -2.15. The second-order valence-electron chi connectivity index (χ2n) is 8.65. The maximum absolute atomic E-state index is 12.8. The van der Waals surface area contributed by atoms with Crippen LogP contribution in [0.4, 0.5) is 0 Å². The average Bonchev–Trinajstić information content (AvgIpc) is 3.61. The first-order valence-electron chi connectivity index (χ1n) is 12.3. The third-order valence-corrected chi connectivity index (χ3v) is 6.23. The number of imidazole rings is 1. The first-order chi connectivity index (χ1) is 18.9. The standard InChI is InChI=1S/C28H26N6O5/c1-5-38-28-29-24-20(16(2)39-17(3)35)14-15-23(27(36)37-4)25(24)34(28)19-12-10-18(11-13-19)21-8-6-7-9-22(21)26-30-32-33-31-26/h6-16H,5H2,1-4H3,(H,30,31,32,33). The lowest BCUT2D eigenvalue weighted by molar-refractivity contribution is -0.145. The van der Waals surface area contributed by atoms with Crippen molar-refractivity contribution in [2.24, 2.45) is 0 Å². The third-order valence-electron chi connectivity index (χ3n) is 6.23. The first-order valence-corrected chi connectivity index (χ1v) is 12.3. The second kappa shape index (κ2) is 10.7. The van der Waals surface area contributed by atoms with Crippen LogP contribution in [-0.2, 0) is 14.3 Å². The molecule has 198 valence electrons. The van der Waals surface area contributed by atoms with Crippen molar-refractivity contribution in [1.29, 1.82) is 0 Å². The zero-order chi connectivity index (χ0) is 27.5. The van der Waals surface area contributed by atoms with Crippen molar-refractivity contribution >= 4 is 23.0 Å². The summed E-state index contributed by atoms with van der Waals surface area (Å²) in [6, 6.07) is 19.2. The van der Waals surface area contributed by atoms with Crippen LogP contribution in [0.1, 0.15) is 42.8 Å². The average molecular weight is 527 g/mol. The zero-order valence-electron chi connectivity index (χ0n) is 21.8. The zero-order valence-corrected chi connectivity index (χ0v) is 21.8. The van der Waals surface area contributed by atoms with Gasteiger partial charge in [0.15, 0.2) is 5.82 Å². The number of carbonyl (C=O) groups excluding carboxylic acids is 2. The number of tetrazole rings is 1. The van der Waals surface area contributed by atoms with Gasteiger partial charge in [0.05, 0.1) is 30.5 Å². The van der Waals surface area contributed by atoms with E-state index in [0.29, 0.717) is 46.3 Å². The number of carbonyl (C=O) groups is 2. The number of hydrogen-bond donors (Lipinski definition) is 1. The Balaban J connectivity index is 1.69. The van der Waals surface area contributed by atoms with Crippen LogP contribution in [0.15, 0.2) is 60.7 Å². The molecule has 39 heavy (non-hydrogen) atoms. The third kappa shape index (κ3) is 4.81. The van der Waals surface area contributed by atoms with Crippen molar-refractivity contribution < 1.29 is 23.8 Å². The second-order valence-corrected chi connectivity index (χ2v) is 8.65. The van der Waals surface area contributed by atoms with E-state index in [1.165, 1.54) is 14.0 Å². The molecular weight excluding hydrogens is 500 g/mol. The maximum Gasteiger partial charge on any atom is 0.340 e. The molecule has 3 aromatic carbocycles. The van der Waals surface area contributed by atoms with Crippen molar-refractivity contribution in [3.63, 3.8) is 0 Å². The van der Waals surface area contributed by atoms with Gasteiger partial charge >= 0.3 is 17.9 Å². The molecule has 0 saturated heterocycles. The molecule has 0 aliphatic rings. The minimum Gasteiger partial charge on any atom is -0.465 e. The molecule has 0 amide bonds. The number of hydrogen-bond acceptors (Lipinski definition) is 9. The van der Waals surface area contributed by atoms with Gasteiger partial charge in [0.2, 0.25) is 0 Å². The fourth-order valence-corrected chi connectivity index (χ4v) is 4.57. The number of benzene rings is 3. The van der Waals surface area contributed by atoms with Crippen LogP contribution in [0.2, 0.25) is 0 Å². The highest BCUT2D eigenvalue weighted by molar-refractivity contribution is 6.04. The number of H-pyrrole nitrogens is 1. The Morgan fingerprint density at radius 2 is 1.77 bits per heavy atom. The van der Waals surface area contributed by atoms with E-state index >= 15 is 0 Å². The molecule has 11 nitrogen and oxygen atoms in total. The van der Waals surface area contributed by atoms with E-state index in [9.17, 15) is 9.59 Å². The summed E-state index contributed by atoms with van der Waals surface area (Å²) in [4.78, 5) is 29.2. The SMILES string of the molecule is CCOc1nc2c(C(C)OC(C)=O)ccc(C(=O)OC)c2n1-c1ccc(-c2ccccc2-c2nnn[nH]2)cc1. The Hall–Kier alpha value is -5.06. The van der Waals surface area contributed by atoms with Gasteiger partial charge in [-0.3, -0.25) is 9.36 Å². The number of nitrogens with one attached hydrogen (secondary N) is 1. The van der Waals surface area contributed by atoms with Gasteiger partial charge in [0.25, 0.3) is 0 Å². The van der Waals surface area contributed by atoms with Crippen molar-refractivity contribution in [3.05, 3.63) is 71.8 Å². The normalized spacial score (nSPS) is 11.8. The summed E-state index contributed by atoms with van der Waals surface area (Å²) in [5.41, 5.74) is 5.35. The fraction of sp³-hybridized carbons (Fsp3) is 0.214. The first kappa shape index (κ1) is 25.6. The van der Waals surface area contributed by atoms with E-state index in [1.807, 2.05) is 55.5 Å². The van der Waals surface area contributed by atoms with Crippen LogP contribution in [-0.4, -0.2) is 55.8 Å². The number of nitrogens with zero attached hydrogens (tertiary/aromatic N) is 5. The molecule has 0 bridgehead atoms. The largest absolute Gasteiger partial charge is 0.465 e. The Morgan fingerprint density at radius 1 is 1.03 bits per heavy atom. The van der Waals surface area contributed by atoms with Crippen LogP contribution < -0.4 is 4.74 Å². The Labute approximate surface area is 223 Å². The predicted molar refractivity (Wildman–Crippen MR) is 142 cm³/mol. The van der Waals surface area contributed by atoms with Gasteiger partial charge in [0.1, 0.15) is 11.6 Å². The van der Waals surface area contributed by atoms with Gasteiger partial charge in [-0.15, -0.1) is 5.10 Å². The molecule has 0 fully saturated rings.